The number of nitriles is 1. The number of rotatable bonds is 7. The molecule has 2 aromatic rings. The Bertz CT molecular complexity index is 985. The fourth-order valence-corrected chi connectivity index (χ4v) is 2.84. The molecule has 29 heavy (non-hydrogen) atoms. The van der Waals surface area contributed by atoms with Crippen molar-refractivity contribution < 1.29 is 19.4 Å². The number of nitrogens with zero attached hydrogens (tertiary/aromatic N) is 1. The Morgan fingerprint density at radius 2 is 1.86 bits per heavy atom. The van der Waals surface area contributed by atoms with Crippen molar-refractivity contribution in [3.8, 4) is 23.3 Å². The Kier molecular flexibility index (Phi) is 7.96. The van der Waals surface area contributed by atoms with Gasteiger partial charge in [0.1, 0.15) is 11.6 Å². The van der Waals surface area contributed by atoms with Crippen molar-refractivity contribution in [1.29, 1.82) is 5.26 Å². The summed E-state index contributed by atoms with van der Waals surface area (Å²) in [5, 5.41) is 22.7. The number of ether oxygens (including phenoxy) is 2. The van der Waals surface area contributed by atoms with Crippen molar-refractivity contribution in [3.63, 3.8) is 0 Å². The third-order valence-corrected chi connectivity index (χ3v) is 4.46. The van der Waals surface area contributed by atoms with Gasteiger partial charge in [-0.2, -0.15) is 5.26 Å². The molecule has 0 saturated carbocycles. The van der Waals surface area contributed by atoms with Crippen LogP contribution < -0.4 is 14.8 Å². The molecular formula is C21H18Cl2N2O4. The van der Waals surface area contributed by atoms with Crippen LogP contribution in [0.2, 0.25) is 10.0 Å². The molecule has 0 aromatic heterocycles. The molecule has 0 aliphatic carbocycles. The molecule has 150 valence electrons. The molecule has 6 nitrogen and oxygen atoms in total. The summed E-state index contributed by atoms with van der Waals surface area (Å²) in [5.41, 5.74) is 1.25. The summed E-state index contributed by atoms with van der Waals surface area (Å²) < 4.78 is 10.2. The normalized spacial score (nSPS) is 11.2. The Morgan fingerprint density at radius 3 is 2.41 bits per heavy atom. The van der Waals surface area contributed by atoms with Crippen molar-refractivity contribution >= 4 is 35.2 Å². The largest absolute Gasteiger partial charge is 0.502 e. The van der Waals surface area contributed by atoms with Crippen LogP contribution in [0.25, 0.3) is 6.08 Å². The van der Waals surface area contributed by atoms with Crippen LogP contribution in [-0.4, -0.2) is 25.2 Å². The summed E-state index contributed by atoms with van der Waals surface area (Å²) in [6, 6.07) is 9.99. The van der Waals surface area contributed by atoms with E-state index in [9.17, 15) is 15.2 Å². The number of allylic oxidation sites excluding steroid dienone is 2. The van der Waals surface area contributed by atoms with Crippen LogP contribution in [0, 0.1) is 11.3 Å². The zero-order valence-corrected chi connectivity index (χ0v) is 17.2. The van der Waals surface area contributed by atoms with Crippen LogP contribution in [-0.2, 0) is 11.3 Å². The van der Waals surface area contributed by atoms with Gasteiger partial charge >= 0.3 is 0 Å². The van der Waals surface area contributed by atoms with E-state index in [0.717, 1.165) is 0 Å². The molecule has 0 atom stereocenters. The number of methoxy groups -OCH3 is 2. The van der Waals surface area contributed by atoms with E-state index >= 15 is 0 Å². The minimum atomic E-state index is -0.538. The molecule has 2 rings (SSSR count). The quantitative estimate of drug-likeness (QED) is 0.381. The maximum absolute atomic E-state index is 12.2. The first-order valence-corrected chi connectivity index (χ1v) is 9.10. The third-order valence-electron chi connectivity index (χ3n) is 3.87. The van der Waals surface area contributed by atoms with E-state index in [-0.39, 0.29) is 29.4 Å². The van der Waals surface area contributed by atoms with Gasteiger partial charge in [0, 0.05) is 16.6 Å². The fourth-order valence-electron chi connectivity index (χ4n) is 2.36. The third kappa shape index (κ3) is 5.92. The zero-order valence-electron chi connectivity index (χ0n) is 15.7. The van der Waals surface area contributed by atoms with Crippen LogP contribution >= 0.6 is 23.2 Å². The van der Waals surface area contributed by atoms with Crippen molar-refractivity contribution in [3.05, 3.63) is 69.2 Å². The molecule has 2 N–H and O–H groups in total. The molecule has 0 aliphatic rings. The smallest absolute Gasteiger partial charge is 0.262 e. The minimum absolute atomic E-state index is 0.0796. The molecule has 0 spiro atoms. The summed E-state index contributed by atoms with van der Waals surface area (Å²) >= 11 is 11.9. The van der Waals surface area contributed by atoms with E-state index in [2.05, 4.69) is 5.32 Å². The average Bonchev–Trinajstić information content (AvgIpc) is 2.71. The molecule has 8 heteroatoms. The molecule has 0 radical (unpaired) electrons. The summed E-state index contributed by atoms with van der Waals surface area (Å²) in [5.74, 6) is -0.165. The van der Waals surface area contributed by atoms with E-state index in [1.165, 1.54) is 20.3 Å². The van der Waals surface area contributed by atoms with Crippen LogP contribution in [0.1, 0.15) is 11.1 Å². The lowest BCUT2D eigenvalue weighted by Gasteiger charge is -2.09. The van der Waals surface area contributed by atoms with Crippen LogP contribution in [0.15, 0.2) is 48.1 Å². The van der Waals surface area contributed by atoms with E-state index in [4.69, 9.17) is 32.7 Å². The van der Waals surface area contributed by atoms with Gasteiger partial charge in [0.05, 0.1) is 14.2 Å². The monoisotopic (exact) mass is 432 g/mol. The van der Waals surface area contributed by atoms with E-state index in [1.54, 1.807) is 42.5 Å². The molecule has 0 unspecified atom stereocenters. The Morgan fingerprint density at radius 1 is 1.21 bits per heavy atom. The molecule has 2 aromatic carbocycles. The second-order valence-electron chi connectivity index (χ2n) is 5.74. The topological polar surface area (TPSA) is 91.6 Å². The van der Waals surface area contributed by atoms with Gasteiger partial charge in [-0.05, 0) is 41.5 Å². The summed E-state index contributed by atoms with van der Waals surface area (Å²) in [4.78, 5) is 12.2. The number of aromatic hydroxyl groups is 1. The number of amides is 1. The fraction of sp³-hybridized carbons (Fsp3) is 0.143. The highest BCUT2D eigenvalue weighted by molar-refractivity contribution is 6.35. The SMILES string of the molecule is COc1cc(/C=C/C=C(\C#N)C(=O)NCc2ccc(Cl)cc2Cl)cc(OC)c1O. The molecule has 1 amide bonds. The molecule has 0 heterocycles. The van der Waals surface area contributed by atoms with Crippen molar-refractivity contribution in [2.45, 2.75) is 6.54 Å². The van der Waals surface area contributed by atoms with E-state index in [0.29, 0.717) is 21.2 Å². The highest BCUT2D eigenvalue weighted by Crippen LogP contribution is 2.37. The second-order valence-corrected chi connectivity index (χ2v) is 6.59. The number of carbonyl (C=O) groups excluding carboxylic acids is 1. The second kappa shape index (κ2) is 10.4. The first kappa shape index (κ1) is 22.2. The highest BCUT2D eigenvalue weighted by Gasteiger charge is 2.11. The van der Waals surface area contributed by atoms with Gasteiger partial charge in [0.2, 0.25) is 5.75 Å². The summed E-state index contributed by atoms with van der Waals surface area (Å²) in [7, 11) is 2.85. The Labute approximate surface area is 178 Å². The maximum Gasteiger partial charge on any atom is 0.262 e. The van der Waals surface area contributed by atoms with Crippen molar-refractivity contribution in [1.82, 2.24) is 5.32 Å². The lowest BCUT2D eigenvalue weighted by atomic mass is 10.1. The Balaban J connectivity index is 2.11. The van der Waals surface area contributed by atoms with Gasteiger partial charge < -0.3 is 19.9 Å². The van der Waals surface area contributed by atoms with Gasteiger partial charge in [-0.1, -0.05) is 41.4 Å². The predicted octanol–water partition coefficient (Wildman–Crippen LogP) is 4.50. The Hall–Kier alpha value is -3.14. The number of phenolic OH excluding ortho intramolecular Hbond substituents is 1. The van der Waals surface area contributed by atoms with Gasteiger partial charge in [0.15, 0.2) is 11.5 Å². The maximum atomic E-state index is 12.2. The summed E-state index contributed by atoms with van der Waals surface area (Å²) in [6.07, 6.45) is 4.56. The molecule has 0 aliphatic heterocycles. The first-order chi connectivity index (χ1) is 13.9. The number of hydrogen-bond acceptors (Lipinski definition) is 5. The lowest BCUT2D eigenvalue weighted by Crippen LogP contribution is -2.24. The number of benzene rings is 2. The number of halogens is 2. The first-order valence-electron chi connectivity index (χ1n) is 8.35. The van der Waals surface area contributed by atoms with E-state index in [1.807, 2.05) is 6.07 Å². The van der Waals surface area contributed by atoms with E-state index < -0.39 is 5.91 Å². The number of phenols is 1. The number of hydrogen-bond donors (Lipinski definition) is 2. The van der Waals surface area contributed by atoms with Gasteiger partial charge in [-0.15, -0.1) is 0 Å². The average molecular weight is 433 g/mol. The van der Waals surface area contributed by atoms with Crippen LogP contribution in [0.4, 0.5) is 0 Å². The lowest BCUT2D eigenvalue weighted by molar-refractivity contribution is -0.117. The standard InChI is InChI=1S/C21H18Cl2N2O4/c1-28-18-8-13(9-19(29-2)20(18)26)4-3-5-14(11-24)21(27)25-12-15-6-7-16(22)10-17(15)23/h3-10,26H,12H2,1-2H3,(H,25,27)/b4-3+,14-5+. The molecule has 0 bridgehead atoms. The van der Waals surface area contributed by atoms with Crippen LogP contribution in [0.5, 0.6) is 17.2 Å². The zero-order chi connectivity index (χ0) is 21.4. The number of carbonyl (C=O) groups is 1. The van der Waals surface area contributed by atoms with Crippen molar-refractivity contribution in [2.24, 2.45) is 0 Å². The van der Waals surface area contributed by atoms with Gasteiger partial charge in [-0.25, -0.2) is 0 Å². The molecule has 0 fully saturated rings. The minimum Gasteiger partial charge on any atom is -0.502 e. The van der Waals surface area contributed by atoms with Gasteiger partial charge in [-0.3, -0.25) is 4.79 Å². The van der Waals surface area contributed by atoms with Gasteiger partial charge in [0.25, 0.3) is 5.91 Å². The highest BCUT2D eigenvalue weighted by atomic mass is 35.5. The molecule has 0 saturated heterocycles. The van der Waals surface area contributed by atoms with Crippen LogP contribution in [0.3, 0.4) is 0 Å². The predicted molar refractivity (Wildman–Crippen MR) is 112 cm³/mol. The van der Waals surface area contributed by atoms with Crippen molar-refractivity contribution in [2.75, 3.05) is 14.2 Å². The number of nitrogens with one attached hydrogen (secondary N) is 1. The molecular weight excluding hydrogens is 415 g/mol. The summed E-state index contributed by atoms with van der Waals surface area (Å²) in [6.45, 7) is 0.157.